The molecular formula is C18H20N4S. The molecule has 0 atom stereocenters. The van der Waals surface area contributed by atoms with Gasteiger partial charge in [0.1, 0.15) is 11.3 Å². The summed E-state index contributed by atoms with van der Waals surface area (Å²) in [6.07, 6.45) is 8.18. The van der Waals surface area contributed by atoms with Gasteiger partial charge in [-0.05, 0) is 43.0 Å². The Bertz CT molecular complexity index is 878. The van der Waals surface area contributed by atoms with Crippen LogP contribution in [-0.2, 0) is 6.42 Å². The van der Waals surface area contributed by atoms with E-state index in [2.05, 4.69) is 34.0 Å². The number of thiophene rings is 1. The van der Waals surface area contributed by atoms with Gasteiger partial charge in [-0.15, -0.1) is 11.3 Å². The minimum Gasteiger partial charge on any atom is -0.324 e. The summed E-state index contributed by atoms with van der Waals surface area (Å²) in [6, 6.07) is 4.94. The van der Waals surface area contributed by atoms with E-state index >= 15 is 0 Å². The summed E-state index contributed by atoms with van der Waals surface area (Å²) in [5, 5.41) is 11.0. The maximum atomic E-state index is 8.92. The molecule has 1 saturated carbocycles. The second kappa shape index (κ2) is 5.93. The summed E-state index contributed by atoms with van der Waals surface area (Å²) in [5.74, 6) is 1.76. The highest BCUT2D eigenvalue weighted by atomic mass is 32.1. The zero-order valence-corrected chi connectivity index (χ0v) is 14.1. The highest BCUT2D eigenvalue weighted by molar-refractivity contribution is 7.18. The molecule has 0 aliphatic heterocycles. The molecule has 3 aromatic heterocycles. The summed E-state index contributed by atoms with van der Waals surface area (Å²) in [4.78, 5) is 9.38. The molecule has 5 heteroatoms. The summed E-state index contributed by atoms with van der Waals surface area (Å²) in [5.41, 5.74) is 3.37. The fourth-order valence-electron chi connectivity index (χ4n) is 3.91. The van der Waals surface area contributed by atoms with Gasteiger partial charge in [0.25, 0.3) is 0 Å². The third-order valence-electron chi connectivity index (χ3n) is 5.07. The van der Waals surface area contributed by atoms with Crippen LogP contribution in [0.3, 0.4) is 0 Å². The largest absolute Gasteiger partial charge is 0.324 e. The summed E-state index contributed by atoms with van der Waals surface area (Å²) in [6.45, 7) is 2.18. The van der Waals surface area contributed by atoms with Crippen molar-refractivity contribution in [2.75, 3.05) is 0 Å². The molecule has 4 rings (SSSR count). The molecule has 0 unspecified atom stereocenters. The van der Waals surface area contributed by atoms with Crippen molar-refractivity contribution >= 4 is 32.6 Å². The van der Waals surface area contributed by atoms with Crippen molar-refractivity contribution in [3.8, 4) is 6.07 Å². The van der Waals surface area contributed by atoms with Crippen LogP contribution in [0.15, 0.2) is 17.6 Å². The van der Waals surface area contributed by atoms with E-state index in [1.54, 1.807) is 11.3 Å². The maximum Gasteiger partial charge on any atom is 0.109 e. The minimum absolute atomic E-state index is 0.512. The van der Waals surface area contributed by atoms with Gasteiger partial charge < -0.3 is 4.57 Å². The van der Waals surface area contributed by atoms with E-state index in [1.165, 1.54) is 16.0 Å². The first-order valence-corrected chi connectivity index (χ1v) is 9.29. The first kappa shape index (κ1) is 14.6. The summed E-state index contributed by atoms with van der Waals surface area (Å²) >= 11 is 1.76. The Balaban J connectivity index is 1.79. The van der Waals surface area contributed by atoms with Gasteiger partial charge in [0.15, 0.2) is 0 Å². The van der Waals surface area contributed by atoms with Gasteiger partial charge in [0, 0.05) is 18.9 Å². The SMILES string of the molecule is CCc1nc2cnc3ccsc3c2n1C1CCC(CC#N)CC1. The molecule has 4 nitrogen and oxygen atoms in total. The number of fused-ring (bicyclic) bond motifs is 3. The molecule has 3 aromatic rings. The van der Waals surface area contributed by atoms with Crippen molar-refractivity contribution < 1.29 is 0 Å². The molecule has 1 aliphatic rings. The smallest absolute Gasteiger partial charge is 0.109 e. The van der Waals surface area contributed by atoms with E-state index in [-0.39, 0.29) is 0 Å². The molecule has 0 spiro atoms. The van der Waals surface area contributed by atoms with Crippen LogP contribution in [-0.4, -0.2) is 14.5 Å². The van der Waals surface area contributed by atoms with E-state index in [9.17, 15) is 0 Å². The van der Waals surface area contributed by atoms with Gasteiger partial charge in [-0.1, -0.05) is 6.92 Å². The fraction of sp³-hybridized carbons (Fsp3) is 0.500. The Kier molecular flexibility index (Phi) is 3.78. The number of aromatic nitrogens is 3. The summed E-state index contributed by atoms with van der Waals surface area (Å²) < 4.78 is 3.74. The van der Waals surface area contributed by atoms with Crippen LogP contribution >= 0.6 is 11.3 Å². The van der Waals surface area contributed by atoms with Crippen LogP contribution in [0, 0.1) is 17.2 Å². The Labute approximate surface area is 139 Å². The molecule has 0 radical (unpaired) electrons. The second-order valence-electron chi connectivity index (χ2n) is 6.42. The van der Waals surface area contributed by atoms with Crippen molar-refractivity contribution in [1.82, 2.24) is 14.5 Å². The number of hydrogen-bond donors (Lipinski definition) is 0. The van der Waals surface area contributed by atoms with Crippen LogP contribution in [0.1, 0.15) is 50.9 Å². The predicted octanol–water partition coefficient (Wildman–Crippen LogP) is 4.85. The van der Waals surface area contributed by atoms with Crippen LogP contribution in [0.4, 0.5) is 0 Å². The van der Waals surface area contributed by atoms with Gasteiger partial charge in [-0.3, -0.25) is 4.98 Å². The van der Waals surface area contributed by atoms with E-state index in [4.69, 9.17) is 10.2 Å². The van der Waals surface area contributed by atoms with Gasteiger partial charge in [0.2, 0.25) is 0 Å². The first-order chi connectivity index (χ1) is 11.3. The van der Waals surface area contributed by atoms with Crippen molar-refractivity contribution in [3.05, 3.63) is 23.5 Å². The number of rotatable bonds is 3. The van der Waals surface area contributed by atoms with Crippen LogP contribution in [0.5, 0.6) is 0 Å². The average molecular weight is 324 g/mol. The number of imidazole rings is 1. The van der Waals surface area contributed by atoms with Crippen LogP contribution < -0.4 is 0 Å². The Morgan fingerprint density at radius 1 is 1.30 bits per heavy atom. The molecule has 118 valence electrons. The lowest BCUT2D eigenvalue weighted by Gasteiger charge is -2.29. The Morgan fingerprint density at radius 2 is 2.13 bits per heavy atom. The number of pyridine rings is 1. The van der Waals surface area contributed by atoms with Gasteiger partial charge in [-0.2, -0.15) is 5.26 Å². The number of nitrogens with zero attached hydrogens (tertiary/aromatic N) is 4. The minimum atomic E-state index is 0.512. The maximum absolute atomic E-state index is 8.92. The molecule has 0 bridgehead atoms. The van der Waals surface area contributed by atoms with Crippen molar-refractivity contribution in [3.63, 3.8) is 0 Å². The van der Waals surface area contributed by atoms with Crippen molar-refractivity contribution in [2.45, 2.75) is 51.5 Å². The monoisotopic (exact) mass is 324 g/mol. The molecular weight excluding hydrogens is 304 g/mol. The van der Waals surface area contributed by atoms with Crippen molar-refractivity contribution in [2.24, 2.45) is 5.92 Å². The molecule has 0 N–H and O–H groups in total. The van der Waals surface area contributed by atoms with Gasteiger partial charge in [0.05, 0.1) is 28.0 Å². The number of nitriles is 1. The highest BCUT2D eigenvalue weighted by Gasteiger charge is 2.26. The topological polar surface area (TPSA) is 54.5 Å². The van der Waals surface area contributed by atoms with E-state index in [1.807, 2.05) is 6.20 Å². The molecule has 3 heterocycles. The Morgan fingerprint density at radius 3 is 2.87 bits per heavy atom. The summed E-state index contributed by atoms with van der Waals surface area (Å²) in [7, 11) is 0. The molecule has 1 aliphatic carbocycles. The van der Waals surface area contributed by atoms with Crippen LogP contribution in [0.25, 0.3) is 21.3 Å². The quantitative estimate of drug-likeness (QED) is 0.692. The lowest BCUT2D eigenvalue weighted by atomic mass is 9.84. The lowest BCUT2D eigenvalue weighted by Crippen LogP contribution is -2.19. The van der Waals surface area contributed by atoms with Gasteiger partial charge >= 0.3 is 0 Å². The third-order valence-corrected chi connectivity index (χ3v) is 5.98. The van der Waals surface area contributed by atoms with E-state index in [0.29, 0.717) is 18.4 Å². The molecule has 1 fully saturated rings. The molecule has 0 amide bonds. The van der Waals surface area contributed by atoms with E-state index in [0.717, 1.165) is 43.1 Å². The third kappa shape index (κ3) is 2.42. The number of aryl methyl sites for hydroxylation is 1. The van der Waals surface area contributed by atoms with Crippen molar-refractivity contribution in [1.29, 1.82) is 5.26 Å². The standard InChI is InChI=1S/C18H20N4S/c1-2-16-21-15-11-20-14-8-10-23-18(14)17(15)22(16)13-5-3-12(4-6-13)7-9-19/h8,10-13H,2-7H2,1H3. The van der Waals surface area contributed by atoms with Crippen LogP contribution in [0.2, 0.25) is 0 Å². The molecule has 23 heavy (non-hydrogen) atoms. The fourth-order valence-corrected chi connectivity index (χ4v) is 4.79. The van der Waals surface area contributed by atoms with E-state index < -0.39 is 0 Å². The second-order valence-corrected chi connectivity index (χ2v) is 7.33. The predicted molar refractivity (Wildman–Crippen MR) is 93.5 cm³/mol. The lowest BCUT2D eigenvalue weighted by molar-refractivity contribution is 0.278. The molecule has 0 aromatic carbocycles. The average Bonchev–Trinajstić information content (AvgIpc) is 3.19. The first-order valence-electron chi connectivity index (χ1n) is 8.41. The zero-order valence-electron chi connectivity index (χ0n) is 13.3. The normalized spacial score (nSPS) is 21.7. The Hall–Kier alpha value is -1.93. The van der Waals surface area contributed by atoms with Gasteiger partial charge in [-0.25, -0.2) is 4.98 Å². The molecule has 0 saturated heterocycles. The zero-order chi connectivity index (χ0) is 15.8. The highest BCUT2D eigenvalue weighted by Crippen LogP contribution is 2.38. The number of hydrogen-bond acceptors (Lipinski definition) is 4.